The van der Waals surface area contributed by atoms with Gasteiger partial charge in [0.15, 0.2) is 11.5 Å². The molecule has 0 spiro atoms. The molecular formula is C23H22BrCl2NO3. The Balaban J connectivity index is 1.73. The first kappa shape index (κ1) is 22.6. The Morgan fingerprint density at radius 3 is 2.30 bits per heavy atom. The van der Waals surface area contributed by atoms with Gasteiger partial charge in [-0.2, -0.15) is 0 Å². The monoisotopic (exact) mass is 509 g/mol. The van der Waals surface area contributed by atoms with E-state index in [2.05, 4.69) is 21.2 Å². The molecule has 7 heteroatoms. The topological polar surface area (TPSA) is 39.7 Å². The highest BCUT2D eigenvalue weighted by molar-refractivity contribution is 9.10. The van der Waals surface area contributed by atoms with Gasteiger partial charge in [-0.1, -0.05) is 51.3 Å². The first-order chi connectivity index (χ1) is 14.5. The molecule has 3 aromatic rings. The summed E-state index contributed by atoms with van der Waals surface area (Å²) >= 11 is 15.8. The van der Waals surface area contributed by atoms with Crippen LogP contribution in [0.5, 0.6) is 17.2 Å². The van der Waals surface area contributed by atoms with E-state index in [1.807, 2.05) is 61.5 Å². The van der Waals surface area contributed by atoms with Gasteiger partial charge in [-0.05, 0) is 60.5 Å². The minimum Gasteiger partial charge on any atom is -0.495 e. The van der Waals surface area contributed by atoms with Crippen molar-refractivity contribution in [3.8, 4) is 17.2 Å². The zero-order valence-electron chi connectivity index (χ0n) is 16.7. The molecule has 0 fully saturated rings. The van der Waals surface area contributed by atoms with Crippen LogP contribution in [0.4, 0.5) is 5.69 Å². The van der Waals surface area contributed by atoms with Gasteiger partial charge in [0.25, 0.3) is 0 Å². The summed E-state index contributed by atoms with van der Waals surface area (Å²) in [6.45, 7) is 3.49. The van der Waals surface area contributed by atoms with Crippen LogP contribution in [0.3, 0.4) is 0 Å². The summed E-state index contributed by atoms with van der Waals surface area (Å²) in [6, 6.07) is 17.1. The molecule has 3 aromatic carbocycles. The molecule has 4 nitrogen and oxygen atoms in total. The van der Waals surface area contributed by atoms with E-state index in [9.17, 15) is 0 Å². The van der Waals surface area contributed by atoms with E-state index >= 15 is 0 Å². The maximum Gasteiger partial charge on any atom is 0.162 e. The fourth-order valence-electron chi connectivity index (χ4n) is 2.81. The third-order valence-electron chi connectivity index (χ3n) is 4.35. The van der Waals surface area contributed by atoms with Gasteiger partial charge in [-0.15, -0.1) is 0 Å². The number of hydrogen-bond donors (Lipinski definition) is 1. The molecule has 0 saturated heterocycles. The minimum atomic E-state index is 0.422. The van der Waals surface area contributed by atoms with Gasteiger partial charge >= 0.3 is 0 Å². The molecule has 0 heterocycles. The highest BCUT2D eigenvalue weighted by Gasteiger charge is 2.12. The maximum absolute atomic E-state index is 6.21. The van der Waals surface area contributed by atoms with E-state index in [-0.39, 0.29) is 0 Å². The Bertz CT molecular complexity index is 996. The van der Waals surface area contributed by atoms with E-state index in [4.69, 9.17) is 37.4 Å². The predicted octanol–water partition coefficient (Wildman–Crippen LogP) is 7.35. The number of anilines is 1. The fraction of sp³-hybridized carbons (Fsp3) is 0.217. The lowest BCUT2D eigenvalue weighted by molar-refractivity contribution is 0.269. The van der Waals surface area contributed by atoms with Gasteiger partial charge < -0.3 is 19.5 Å². The third-order valence-corrected chi connectivity index (χ3v) is 5.64. The number of nitrogens with one attached hydrogen (secondary N) is 1. The molecule has 0 saturated carbocycles. The van der Waals surface area contributed by atoms with Crippen LogP contribution in [0.1, 0.15) is 18.1 Å². The van der Waals surface area contributed by atoms with E-state index in [0.717, 1.165) is 21.3 Å². The molecular weight excluding hydrogens is 489 g/mol. The van der Waals surface area contributed by atoms with Crippen molar-refractivity contribution >= 4 is 44.8 Å². The lowest BCUT2D eigenvalue weighted by Gasteiger charge is -2.16. The van der Waals surface area contributed by atoms with E-state index in [1.54, 1.807) is 7.11 Å². The summed E-state index contributed by atoms with van der Waals surface area (Å²) in [5.41, 5.74) is 2.96. The summed E-state index contributed by atoms with van der Waals surface area (Å²) in [5, 5.41) is 4.63. The Morgan fingerprint density at radius 1 is 0.900 bits per heavy atom. The van der Waals surface area contributed by atoms with Crippen molar-refractivity contribution in [1.82, 2.24) is 0 Å². The van der Waals surface area contributed by atoms with Gasteiger partial charge in [0.2, 0.25) is 0 Å². The zero-order chi connectivity index (χ0) is 21.5. The molecule has 0 amide bonds. The molecule has 0 aliphatic heterocycles. The summed E-state index contributed by atoms with van der Waals surface area (Å²) in [5.74, 6) is 2.01. The SMILES string of the molecule is CCOc1cc(CNc2ccc(OC)c(Cl)c2)c(Br)cc1OCc1ccc(Cl)cc1. The highest BCUT2D eigenvalue weighted by Crippen LogP contribution is 2.35. The molecule has 0 unspecified atom stereocenters. The minimum absolute atomic E-state index is 0.422. The van der Waals surface area contributed by atoms with Gasteiger partial charge in [0, 0.05) is 21.7 Å². The van der Waals surface area contributed by atoms with Crippen LogP contribution >= 0.6 is 39.1 Å². The van der Waals surface area contributed by atoms with Gasteiger partial charge in [0.05, 0.1) is 18.7 Å². The quantitative estimate of drug-likeness (QED) is 0.326. The summed E-state index contributed by atoms with van der Waals surface area (Å²) < 4.78 is 17.9. The Morgan fingerprint density at radius 2 is 1.63 bits per heavy atom. The van der Waals surface area contributed by atoms with Crippen LogP contribution in [0.2, 0.25) is 10.0 Å². The molecule has 0 atom stereocenters. The number of methoxy groups -OCH3 is 1. The molecule has 30 heavy (non-hydrogen) atoms. The van der Waals surface area contributed by atoms with Crippen LogP contribution < -0.4 is 19.5 Å². The molecule has 0 aliphatic rings. The van der Waals surface area contributed by atoms with Crippen LogP contribution in [-0.2, 0) is 13.2 Å². The molecule has 1 N–H and O–H groups in total. The highest BCUT2D eigenvalue weighted by atomic mass is 79.9. The van der Waals surface area contributed by atoms with Gasteiger partial charge in [-0.25, -0.2) is 0 Å². The predicted molar refractivity (Wildman–Crippen MR) is 126 cm³/mol. The van der Waals surface area contributed by atoms with Crippen molar-refractivity contribution < 1.29 is 14.2 Å². The second-order valence-corrected chi connectivity index (χ2v) is 8.14. The van der Waals surface area contributed by atoms with Crippen molar-refractivity contribution in [2.45, 2.75) is 20.1 Å². The van der Waals surface area contributed by atoms with Crippen molar-refractivity contribution in [3.05, 3.63) is 80.2 Å². The molecule has 3 rings (SSSR count). The average Bonchev–Trinajstić information content (AvgIpc) is 2.74. The summed E-state index contributed by atoms with van der Waals surface area (Å²) in [6.07, 6.45) is 0. The van der Waals surface area contributed by atoms with Crippen LogP contribution in [0.25, 0.3) is 0 Å². The standard InChI is InChI=1S/C23H22BrCl2NO3/c1-3-29-22-10-16(13-27-18-8-9-21(28-2)20(26)11-18)19(24)12-23(22)30-14-15-4-6-17(25)7-5-15/h4-12,27H,3,13-14H2,1-2H3. The van der Waals surface area contributed by atoms with Gasteiger partial charge in [0.1, 0.15) is 12.4 Å². The van der Waals surface area contributed by atoms with Crippen molar-refractivity contribution in [3.63, 3.8) is 0 Å². The Kier molecular flexibility index (Phi) is 8.14. The van der Waals surface area contributed by atoms with E-state index in [0.29, 0.717) is 47.1 Å². The number of halogens is 3. The lowest BCUT2D eigenvalue weighted by Crippen LogP contribution is -2.04. The Labute approximate surface area is 195 Å². The largest absolute Gasteiger partial charge is 0.495 e. The normalized spacial score (nSPS) is 10.6. The average molecular weight is 511 g/mol. The third kappa shape index (κ3) is 5.97. The lowest BCUT2D eigenvalue weighted by atomic mass is 10.2. The molecule has 0 aromatic heterocycles. The van der Waals surface area contributed by atoms with Crippen LogP contribution in [0.15, 0.2) is 59.1 Å². The van der Waals surface area contributed by atoms with Crippen LogP contribution in [-0.4, -0.2) is 13.7 Å². The number of benzene rings is 3. The fourth-order valence-corrected chi connectivity index (χ4v) is 3.66. The molecule has 0 aliphatic carbocycles. The van der Waals surface area contributed by atoms with E-state index < -0.39 is 0 Å². The van der Waals surface area contributed by atoms with Gasteiger partial charge in [-0.3, -0.25) is 0 Å². The van der Waals surface area contributed by atoms with Crippen molar-refractivity contribution in [2.24, 2.45) is 0 Å². The number of hydrogen-bond acceptors (Lipinski definition) is 4. The molecule has 0 bridgehead atoms. The van der Waals surface area contributed by atoms with E-state index in [1.165, 1.54) is 0 Å². The molecule has 0 radical (unpaired) electrons. The Hall–Kier alpha value is -2.08. The second kappa shape index (κ2) is 10.8. The van der Waals surface area contributed by atoms with Crippen molar-refractivity contribution in [2.75, 3.05) is 19.0 Å². The summed E-state index contributed by atoms with van der Waals surface area (Å²) in [4.78, 5) is 0. The second-order valence-electron chi connectivity index (χ2n) is 6.44. The number of ether oxygens (including phenoxy) is 3. The summed E-state index contributed by atoms with van der Waals surface area (Å²) in [7, 11) is 1.59. The zero-order valence-corrected chi connectivity index (χ0v) is 19.8. The first-order valence-corrected chi connectivity index (χ1v) is 10.9. The first-order valence-electron chi connectivity index (χ1n) is 9.40. The van der Waals surface area contributed by atoms with Crippen LogP contribution in [0, 0.1) is 0 Å². The smallest absolute Gasteiger partial charge is 0.162 e. The number of rotatable bonds is 9. The van der Waals surface area contributed by atoms with Crippen molar-refractivity contribution in [1.29, 1.82) is 0 Å². The molecule has 158 valence electrons. The maximum atomic E-state index is 6.21.